The summed E-state index contributed by atoms with van der Waals surface area (Å²) in [4.78, 5) is 0. The first-order chi connectivity index (χ1) is 11.6. The molecular formula is C21H23O2P. The summed E-state index contributed by atoms with van der Waals surface area (Å²) in [7, 11) is 0.334. The molecule has 0 aliphatic heterocycles. The highest BCUT2D eigenvalue weighted by Crippen LogP contribution is 2.25. The molecule has 0 amide bonds. The lowest BCUT2D eigenvalue weighted by atomic mass is 9.93. The van der Waals surface area contributed by atoms with E-state index in [1.807, 2.05) is 30.3 Å². The number of aromatic hydroxyl groups is 1. The first-order valence-corrected chi connectivity index (χ1v) is 9.32. The van der Waals surface area contributed by atoms with Gasteiger partial charge in [-0.1, -0.05) is 63.2 Å². The molecule has 24 heavy (non-hydrogen) atoms. The zero-order valence-electron chi connectivity index (χ0n) is 13.8. The molecule has 0 radical (unpaired) electrons. The SMILES string of the molecule is CC(O)c1ccccc1Pc1cc(CC2C=CC=CC2)ccc1O. The second-order valence-corrected chi connectivity index (χ2v) is 7.58. The number of aliphatic hydroxyl groups is 1. The Labute approximate surface area is 145 Å². The van der Waals surface area contributed by atoms with E-state index in [0.29, 0.717) is 20.2 Å². The van der Waals surface area contributed by atoms with Gasteiger partial charge in [-0.15, -0.1) is 0 Å². The molecule has 0 fully saturated rings. The van der Waals surface area contributed by atoms with E-state index in [9.17, 15) is 10.2 Å². The second kappa shape index (κ2) is 7.79. The Balaban J connectivity index is 1.82. The summed E-state index contributed by atoms with van der Waals surface area (Å²) in [6.07, 6.45) is 10.2. The molecule has 0 aromatic heterocycles. The standard InChI is InChI=1S/C21H23O2P/c1-15(22)18-9-5-6-10-20(18)24-21-14-17(11-12-19(21)23)13-16-7-3-2-4-8-16/h2-7,9-12,14-16,22-24H,8,13H2,1H3. The lowest BCUT2D eigenvalue weighted by Gasteiger charge is -2.16. The number of aliphatic hydroxyl groups excluding tert-OH is 1. The topological polar surface area (TPSA) is 40.5 Å². The summed E-state index contributed by atoms with van der Waals surface area (Å²) in [6, 6.07) is 13.8. The van der Waals surface area contributed by atoms with E-state index < -0.39 is 6.10 Å². The smallest absolute Gasteiger partial charge is 0.123 e. The number of phenols is 1. The third kappa shape index (κ3) is 4.14. The van der Waals surface area contributed by atoms with Gasteiger partial charge in [-0.25, -0.2) is 0 Å². The van der Waals surface area contributed by atoms with Crippen molar-refractivity contribution >= 4 is 19.2 Å². The van der Waals surface area contributed by atoms with Gasteiger partial charge >= 0.3 is 0 Å². The van der Waals surface area contributed by atoms with Crippen LogP contribution in [-0.4, -0.2) is 10.2 Å². The van der Waals surface area contributed by atoms with Crippen molar-refractivity contribution in [2.24, 2.45) is 5.92 Å². The number of rotatable bonds is 5. The normalized spacial score (nSPS) is 18.3. The van der Waals surface area contributed by atoms with Gasteiger partial charge in [0.15, 0.2) is 0 Å². The van der Waals surface area contributed by atoms with Crippen LogP contribution in [0.5, 0.6) is 5.75 Å². The van der Waals surface area contributed by atoms with Gasteiger partial charge in [0.25, 0.3) is 0 Å². The molecule has 2 aromatic rings. The van der Waals surface area contributed by atoms with Crippen LogP contribution in [0.1, 0.15) is 30.6 Å². The molecule has 1 aliphatic rings. The molecule has 3 heteroatoms. The molecule has 124 valence electrons. The zero-order chi connectivity index (χ0) is 16.9. The maximum atomic E-state index is 10.3. The summed E-state index contributed by atoms with van der Waals surface area (Å²) < 4.78 is 0. The molecule has 0 saturated heterocycles. The van der Waals surface area contributed by atoms with Crippen molar-refractivity contribution in [2.75, 3.05) is 0 Å². The van der Waals surface area contributed by atoms with Crippen molar-refractivity contribution in [3.8, 4) is 5.75 Å². The maximum Gasteiger partial charge on any atom is 0.123 e. The molecular weight excluding hydrogens is 315 g/mol. The molecule has 3 atom stereocenters. The first-order valence-electron chi connectivity index (χ1n) is 8.32. The average molecular weight is 338 g/mol. The average Bonchev–Trinajstić information content (AvgIpc) is 2.59. The zero-order valence-corrected chi connectivity index (χ0v) is 14.8. The third-order valence-electron chi connectivity index (χ3n) is 4.31. The highest BCUT2D eigenvalue weighted by Gasteiger charge is 2.12. The van der Waals surface area contributed by atoms with E-state index in [2.05, 4.69) is 30.4 Å². The third-order valence-corrected chi connectivity index (χ3v) is 5.70. The van der Waals surface area contributed by atoms with Gasteiger partial charge in [0.2, 0.25) is 0 Å². The largest absolute Gasteiger partial charge is 0.507 e. The van der Waals surface area contributed by atoms with Crippen LogP contribution in [0.25, 0.3) is 0 Å². The van der Waals surface area contributed by atoms with Crippen molar-refractivity contribution in [3.63, 3.8) is 0 Å². The van der Waals surface area contributed by atoms with E-state index in [4.69, 9.17) is 0 Å². The lowest BCUT2D eigenvalue weighted by Crippen LogP contribution is -2.12. The van der Waals surface area contributed by atoms with Crippen LogP contribution in [0.3, 0.4) is 0 Å². The molecule has 1 aliphatic carbocycles. The van der Waals surface area contributed by atoms with E-state index in [-0.39, 0.29) is 0 Å². The minimum absolute atomic E-state index is 0.330. The van der Waals surface area contributed by atoms with Crippen LogP contribution in [0.4, 0.5) is 0 Å². The Hall–Kier alpha value is -1.89. The predicted octanol–water partition coefficient (Wildman–Crippen LogP) is 3.75. The fourth-order valence-electron chi connectivity index (χ4n) is 3.02. The highest BCUT2D eigenvalue weighted by atomic mass is 31.1. The molecule has 2 nitrogen and oxygen atoms in total. The minimum Gasteiger partial charge on any atom is -0.507 e. The Morgan fingerprint density at radius 3 is 2.71 bits per heavy atom. The Bertz CT molecular complexity index is 762. The monoisotopic (exact) mass is 338 g/mol. The minimum atomic E-state index is -0.502. The Morgan fingerprint density at radius 2 is 1.96 bits per heavy atom. The Kier molecular flexibility index (Phi) is 5.50. The van der Waals surface area contributed by atoms with Crippen LogP contribution in [-0.2, 0) is 6.42 Å². The summed E-state index contributed by atoms with van der Waals surface area (Å²) in [6.45, 7) is 1.78. The quantitative estimate of drug-likeness (QED) is 0.815. The summed E-state index contributed by atoms with van der Waals surface area (Å²) >= 11 is 0. The lowest BCUT2D eigenvalue weighted by molar-refractivity contribution is 0.200. The molecule has 0 spiro atoms. The van der Waals surface area contributed by atoms with Crippen molar-refractivity contribution in [2.45, 2.75) is 25.9 Å². The molecule has 0 heterocycles. The number of benzene rings is 2. The van der Waals surface area contributed by atoms with E-state index in [1.165, 1.54) is 5.56 Å². The van der Waals surface area contributed by atoms with Gasteiger partial charge in [0.05, 0.1) is 6.10 Å². The van der Waals surface area contributed by atoms with Gasteiger partial charge in [-0.2, -0.15) is 0 Å². The number of allylic oxidation sites excluding steroid dienone is 4. The van der Waals surface area contributed by atoms with Gasteiger partial charge in [0.1, 0.15) is 5.75 Å². The second-order valence-electron chi connectivity index (χ2n) is 6.25. The van der Waals surface area contributed by atoms with Crippen molar-refractivity contribution in [1.82, 2.24) is 0 Å². The van der Waals surface area contributed by atoms with Crippen molar-refractivity contribution in [3.05, 3.63) is 77.9 Å². The first kappa shape index (κ1) is 17.0. The van der Waals surface area contributed by atoms with Gasteiger partial charge in [-0.3, -0.25) is 0 Å². The molecule has 2 N–H and O–H groups in total. The van der Waals surface area contributed by atoms with Crippen molar-refractivity contribution < 1.29 is 10.2 Å². The van der Waals surface area contributed by atoms with Crippen LogP contribution < -0.4 is 10.6 Å². The summed E-state index contributed by atoms with van der Waals surface area (Å²) in [5.74, 6) is 0.858. The number of hydrogen-bond donors (Lipinski definition) is 2. The number of phenolic OH excluding ortho intramolecular Hbond substituents is 1. The van der Waals surface area contributed by atoms with Gasteiger partial charge in [0, 0.05) is 5.30 Å². The predicted molar refractivity (Wildman–Crippen MR) is 103 cm³/mol. The fraction of sp³-hybridized carbons (Fsp3) is 0.238. The summed E-state index contributed by atoms with van der Waals surface area (Å²) in [5, 5.41) is 22.2. The molecule has 0 bridgehead atoms. The van der Waals surface area contributed by atoms with Gasteiger partial charge < -0.3 is 10.2 Å². The van der Waals surface area contributed by atoms with Crippen LogP contribution in [0, 0.1) is 5.92 Å². The highest BCUT2D eigenvalue weighted by molar-refractivity contribution is 7.55. The molecule has 3 unspecified atom stereocenters. The molecule has 2 aromatic carbocycles. The molecule has 0 saturated carbocycles. The van der Waals surface area contributed by atoms with Crippen LogP contribution in [0.2, 0.25) is 0 Å². The fourth-order valence-corrected chi connectivity index (χ4v) is 4.39. The van der Waals surface area contributed by atoms with E-state index in [1.54, 1.807) is 13.0 Å². The van der Waals surface area contributed by atoms with Gasteiger partial charge in [-0.05, 0) is 54.2 Å². The maximum absolute atomic E-state index is 10.3. The molecule has 3 rings (SSSR count). The number of hydrogen-bond acceptors (Lipinski definition) is 2. The van der Waals surface area contributed by atoms with Crippen molar-refractivity contribution in [1.29, 1.82) is 0 Å². The summed E-state index contributed by atoms with van der Waals surface area (Å²) in [5.41, 5.74) is 2.18. The van der Waals surface area contributed by atoms with Crippen LogP contribution >= 0.6 is 8.58 Å². The van der Waals surface area contributed by atoms with Crippen LogP contribution in [0.15, 0.2) is 66.8 Å². The van der Waals surface area contributed by atoms with E-state index >= 15 is 0 Å². The Morgan fingerprint density at radius 1 is 1.12 bits per heavy atom. The van der Waals surface area contributed by atoms with E-state index in [0.717, 1.165) is 29.0 Å².